The van der Waals surface area contributed by atoms with Gasteiger partial charge in [-0.2, -0.15) is 11.8 Å². The van der Waals surface area contributed by atoms with Gasteiger partial charge in [0.25, 0.3) is 0 Å². The van der Waals surface area contributed by atoms with Crippen molar-refractivity contribution in [3.05, 3.63) is 59.7 Å². The van der Waals surface area contributed by atoms with Gasteiger partial charge in [0.05, 0.1) is 9.79 Å². The number of hydrogen-bond acceptors (Lipinski definition) is 5. The van der Waals surface area contributed by atoms with Gasteiger partial charge in [-0.05, 0) is 35.4 Å². The van der Waals surface area contributed by atoms with Gasteiger partial charge in [-0.25, -0.2) is 16.8 Å². The first kappa shape index (κ1) is 18.0. The lowest BCUT2D eigenvalue weighted by molar-refractivity contribution is 0.600. The molecular formula is C16H18O4S3. The van der Waals surface area contributed by atoms with E-state index in [1.165, 1.54) is 12.5 Å². The summed E-state index contributed by atoms with van der Waals surface area (Å²) in [5.74, 6) is 1.52. The van der Waals surface area contributed by atoms with Crippen LogP contribution in [0.2, 0.25) is 0 Å². The monoisotopic (exact) mass is 370 g/mol. The molecule has 2 aromatic rings. The maximum absolute atomic E-state index is 11.4. The second-order valence-electron chi connectivity index (χ2n) is 5.33. The molecule has 0 saturated heterocycles. The minimum atomic E-state index is -3.16. The van der Waals surface area contributed by atoms with Gasteiger partial charge in [0.15, 0.2) is 19.7 Å². The zero-order chi connectivity index (χ0) is 17.1. The van der Waals surface area contributed by atoms with E-state index in [1.807, 2.05) is 24.3 Å². The Hall–Kier alpha value is -1.31. The third-order valence-electron chi connectivity index (χ3n) is 3.24. The Morgan fingerprint density at radius 2 is 0.957 bits per heavy atom. The van der Waals surface area contributed by atoms with Crippen molar-refractivity contribution in [1.29, 1.82) is 0 Å². The Balaban J connectivity index is 1.92. The van der Waals surface area contributed by atoms with Crippen molar-refractivity contribution in [2.24, 2.45) is 0 Å². The highest BCUT2D eigenvalue weighted by atomic mass is 32.2. The normalized spacial score (nSPS) is 12.3. The molecule has 0 aromatic heterocycles. The molecule has 23 heavy (non-hydrogen) atoms. The van der Waals surface area contributed by atoms with E-state index in [0.717, 1.165) is 22.6 Å². The molecule has 2 rings (SSSR count). The topological polar surface area (TPSA) is 68.3 Å². The van der Waals surface area contributed by atoms with Crippen molar-refractivity contribution < 1.29 is 16.8 Å². The molecule has 0 spiro atoms. The summed E-state index contributed by atoms with van der Waals surface area (Å²) in [4.78, 5) is 0.644. The Morgan fingerprint density at radius 1 is 0.652 bits per heavy atom. The average molecular weight is 371 g/mol. The lowest BCUT2D eigenvalue weighted by atomic mass is 10.2. The van der Waals surface area contributed by atoms with Crippen LogP contribution in [0.25, 0.3) is 0 Å². The summed E-state index contributed by atoms with van der Waals surface area (Å²) < 4.78 is 45.6. The fourth-order valence-corrected chi connectivity index (χ4v) is 4.17. The van der Waals surface area contributed by atoms with Crippen LogP contribution in [0, 0.1) is 0 Å². The number of rotatable bonds is 6. The van der Waals surface area contributed by atoms with Crippen molar-refractivity contribution in [2.75, 3.05) is 12.5 Å². The van der Waals surface area contributed by atoms with Gasteiger partial charge in [0.1, 0.15) is 0 Å². The first-order valence-electron chi connectivity index (χ1n) is 6.82. The molecule has 0 unspecified atom stereocenters. The standard InChI is InChI=1S/C16H18O4S3/c1-22(17,18)15-7-3-13(4-8-15)11-21-12-14-5-9-16(10-6-14)23(2,19)20/h3-10H,11-12H2,1-2H3. The van der Waals surface area contributed by atoms with E-state index in [0.29, 0.717) is 9.79 Å². The van der Waals surface area contributed by atoms with Crippen LogP contribution in [0.3, 0.4) is 0 Å². The second kappa shape index (κ2) is 7.07. The first-order chi connectivity index (χ1) is 10.7. The first-order valence-corrected chi connectivity index (χ1v) is 11.8. The number of hydrogen-bond donors (Lipinski definition) is 0. The van der Waals surface area contributed by atoms with Crippen molar-refractivity contribution in [3.8, 4) is 0 Å². The largest absolute Gasteiger partial charge is 0.224 e. The van der Waals surface area contributed by atoms with Crippen molar-refractivity contribution in [3.63, 3.8) is 0 Å². The summed E-state index contributed by atoms with van der Waals surface area (Å²) in [6.07, 6.45) is 2.38. The highest BCUT2D eigenvalue weighted by molar-refractivity contribution is 7.97. The lowest BCUT2D eigenvalue weighted by Gasteiger charge is -2.05. The third kappa shape index (κ3) is 5.37. The van der Waals surface area contributed by atoms with Crippen molar-refractivity contribution >= 4 is 31.4 Å². The number of benzene rings is 2. The molecule has 2 aromatic carbocycles. The fraction of sp³-hybridized carbons (Fsp3) is 0.250. The molecule has 0 atom stereocenters. The van der Waals surface area contributed by atoms with Crippen LogP contribution in [0.1, 0.15) is 11.1 Å². The molecule has 0 aliphatic heterocycles. The van der Waals surface area contributed by atoms with Crippen LogP contribution in [-0.4, -0.2) is 29.3 Å². The van der Waals surface area contributed by atoms with Crippen LogP contribution >= 0.6 is 11.8 Å². The molecule has 0 fully saturated rings. The molecule has 7 heteroatoms. The zero-order valence-corrected chi connectivity index (χ0v) is 15.3. The molecule has 0 saturated carbocycles. The maximum Gasteiger partial charge on any atom is 0.175 e. The summed E-state index contributed by atoms with van der Waals surface area (Å²) >= 11 is 1.69. The van der Waals surface area contributed by atoms with E-state index in [-0.39, 0.29) is 0 Å². The lowest BCUT2D eigenvalue weighted by Crippen LogP contribution is -1.97. The number of sulfone groups is 2. The van der Waals surface area contributed by atoms with Gasteiger partial charge in [0.2, 0.25) is 0 Å². The van der Waals surface area contributed by atoms with Gasteiger partial charge < -0.3 is 0 Å². The summed E-state index contributed by atoms with van der Waals surface area (Å²) in [5, 5.41) is 0. The van der Waals surface area contributed by atoms with E-state index < -0.39 is 19.7 Å². The molecular weight excluding hydrogens is 352 g/mol. The summed E-state index contributed by atoms with van der Waals surface area (Å²) in [5.41, 5.74) is 2.10. The quantitative estimate of drug-likeness (QED) is 0.782. The van der Waals surface area contributed by atoms with Crippen molar-refractivity contribution in [2.45, 2.75) is 21.3 Å². The highest BCUT2D eigenvalue weighted by Crippen LogP contribution is 2.20. The molecule has 0 amide bonds. The summed E-state index contributed by atoms with van der Waals surface area (Å²) in [6, 6.07) is 13.7. The SMILES string of the molecule is CS(=O)(=O)c1ccc(CSCc2ccc(S(C)(=O)=O)cc2)cc1. The third-order valence-corrected chi connectivity index (χ3v) is 6.57. The minimum absolute atomic E-state index is 0.322. The Morgan fingerprint density at radius 3 is 1.22 bits per heavy atom. The van der Waals surface area contributed by atoms with E-state index in [1.54, 1.807) is 36.0 Å². The number of thioether (sulfide) groups is 1. The summed E-state index contributed by atoms with van der Waals surface area (Å²) in [7, 11) is -6.31. The molecule has 124 valence electrons. The van der Waals surface area contributed by atoms with Crippen LogP contribution in [0.15, 0.2) is 58.3 Å². The van der Waals surface area contributed by atoms with Crippen LogP contribution in [0.5, 0.6) is 0 Å². The van der Waals surface area contributed by atoms with Crippen LogP contribution in [-0.2, 0) is 31.2 Å². The molecule has 0 heterocycles. The van der Waals surface area contributed by atoms with Gasteiger partial charge in [-0.15, -0.1) is 0 Å². The molecule has 0 radical (unpaired) electrons. The summed E-state index contributed by atoms with van der Waals surface area (Å²) in [6.45, 7) is 0. The highest BCUT2D eigenvalue weighted by Gasteiger charge is 2.07. The van der Waals surface area contributed by atoms with E-state index in [2.05, 4.69) is 0 Å². The predicted octanol–water partition coefficient (Wildman–Crippen LogP) is 2.93. The van der Waals surface area contributed by atoms with Gasteiger partial charge in [0, 0.05) is 24.0 Å². The molecule has 0 aliphatic carbocycles. The zero-order valence-electron chi connectivity index (χ0n) is 12.9. The van der Waals surface area contributed by atoms with Crippen molar-refractivity contribution in [1.82, 2.24) is 0 Å². The smallest absolute Gasteiger partial charge is 0.175 e. The van der Waals surface area contributed by atoms with Gasteiger partial charge >= 0.3 is 0 Å². The Kier molecular flexibility index (Phi) is 5.54. The Bertz CT molecular complexity index is 790. The molecule has 0 bridgehead atoms. The fourth-order valence-electron chi connectivity index (χ4n) is 1.95. The van der Waals surface area contributed by atoms with E-state index in [4.69, 9.17) is 0 Å². The average Bonchev–Trinajstić information content (AvgIpc) is 2.46. The minimum Gasteiger partial charge on any atom is -0.224 e. The molecule has 0 N–H and O–H groups in total. The van der Waals surface area contributed by atoms with Crippen LogP contribution in [0.4, 0.5) is 0 Å². The van der Waals surface area contributed by atoms with Gasteiger partial charge in [-0.3, -0.25) is 0 Å². The molecule has 0 aliphatic rings. The van der Waals surface area contributed by atoms with E-state index in [9.17, 15) is 16.8 Å². The van der Waals surface area contributed by atoms with Gasteiger partial charge in [-0.1, -0.05) is 24.3 Å². The second-order valence-corrected chi connectivity index (χ2v) is 10.3. The predicted molar refractivity (Wildman–Crippen MR) is 94.1 cm³/mol. The molecule has 4 nitrogen and oxygen atoms in total. The van der Waals surface area contributed by atoms with E-state index >= 15 is 0 Å². The maximum atomic E-state index is 11.4. The Labute approximate surface area is 141 Å². The van der Waals surface area contributed by atoms with Crippen LogP contribution < -0.4 is 0 Å².